The fourth-order valence-corrected chi connectivity index (χ4v) is 5.34. The number of nitrogens with one attached hydrogen (secondary N) is 2. The highest BCUT2D eigenvalue weighted by atomic mass is 16.6. The highest BCUT2D eigenvalue weighted by Crippen LogP contribution is 2.26. The monoisotopic (exact) mass is 487 g/mol. The highest BCUT2D eigenvalue weighted by Gasteiger charge is 2.40. The number of anilines is 1. The molecule has 10 nitrogen and oxygen atoms in total. The van der Waals surface area contributed by atoms with Gasteiger partial charge in [-0.3, -0.25) is 14.8 Å². The Bertz CT molecular complexity index is 853. The molecule has 3 fully saturated rings. The van der Waals surface area contributed by atoms with Crippen molar-refractivity contribution in [1.29, 1.82) is 0 Å². The number of hydrogen-bond donors (Lipinski definition) is 3. The average Bonchev–Trinajstić information content (AvgIpc) is 3.19. The van der Waals surface area contributed by atoms with Crippen LogP contribution in [0.4, 0.5) is 10.5 Å². The number of amides is 3. The van der Waals surface area contributed by atoms with Gasteiger partial charge in [-0.25, -0.2) is 10.3 Å². The van der Waals surface area contributed by atoms with Crippen LogP contribution in [0.15, 0.2) is 30.3 Å². The zero-order valence-electron chi connectivity index (χ0n) is 20.2. The summed E-state index contributed by atoms with van der Waals surface area (Å²) in [6.07, 6.45) is 3.80. The van der Waals surface area contributed by atoms with E-state index in [4.69, 9.17) is 9.94 Å². The summed E-state index contributed by atoms with van der Waals surface area (Å²) in [7, 11) is 0. The molecule has 1 aromatic rings. The predicted molar refractivity (Wildman–Crippen MR) is 130 cm³/mol. The van der Waals surface area contributed by atoms with Gasteiger partial charge in [0.1, 0.15) is 6.10 Å². The van der Waals surface area contributed by atoms with E-state index in [1.165, 1.54) is 0 Å². The topological polar surface area (TPSA) is 114 Å². The molecule has 0 aliphatic carbocycles. The maximum atomic E-state index is 13.4. The number of nitrogens with zero attached hydrogens (tertiary/aromatic N) is 3. The van der Waals surface area contributed by atoms with Crippen LogP contribution in [0.3, 0.4) is 0 Å². The van der Waals surface area contributed by atoms with Gasteiger partial charge in [-0.15, -0.1) is 0 Å². The molecule has 4 rings (SSSR count). The van der Waals surface area contributed by atoms with Crippen LogP contribution < -0.4 is 15.7 Å². The number of piperidine rings is 1. The largest absolute Gasteiger partial charge is 0.445 e. The lowest BCUT2D eigenvalue weighted by Gasteiger charge is -2.41. The lowest BCUT2D eigenvalue weighted by molar-refractivity contribution is -0.138. The van der Waals surface area contributed by atoms with E-state index < -0.39 is 24.0 Å². The van der Waals surface area contributed by atoms with E-state index in [1.807, 2.05) is 23.1 Å². The Kier molecular flexibility index (Phi) is 8.81. The molecular formula is C25H37N5O5. The molecule has 0 radical (unpaired) electrons. The molecule has 35 heavy (non-hydrogen) atoms. The second-order valence-electron chi connectivity index (χ2n) is 9.68. The van der Waals surface area contributed by atoms with Crippen LogP contribution in [0.2, 0.25) is 0 Å². The molecular weight excluding hydrogens is 450 g/mol. The molecule has 0 aromatic heterocycles. The SMILES string of the molecule is O=C(C[C@@H]1C[C@H](OC(=O)N2CCCCCC2)CN[C@@H]1C(=O)N1CCN(c2ccccc2)CC1)NO. The first-order valence-electron chi connectivity index (χ1n) is 12.8. The third-order valence-electron chi connectivity index (χ3n) is 7.29. The second-order valence-corrected chi connectivity index (χ2v) is 9.68. The van der Waals surface area contributed by atoms with Crippen LogP contribution in [0.5, 0.6) is 0 Å². The molecule has 1 aromatic carbocycles. The van der Waals surface area contributed by atoms with Crippen LogP contribution in [-0.2, 0) is 14.3 Å². The molecule has 3 amide bonds. The van der Waals surface area contributed by atoms with E-state index in [0.717, 1.165) is 44.5 Å². The van der Waals surface area contributed by atoms with Gasteiger partial charge in [0.2, 0.25) is 11.8 Å². The number of hydrogen-bond acceptors (Lipinski definition) is 7. The first-order chi connectivity index (χ1) is 17.0. The van der Waals surface area contributed by atoms with Crippen molar-refractivity contribution in [3.8, 4) is 0 Å². The number of benzene rings is 1. The van der Waals surface area contributed by atoms with E-state index in [0.29, 0.717) is 39.1 Å². The van der Waals surface area contributed by atoms with Crippen molar-refractivity contribution in [3.63, 3.8) is 0 Å². The first kappa shape index (κ1) is 25.2. The second kappa shape index (κ2) is 12.2. The first-order valence-corrected chi connectivity index (χ1v) is 12.8. The van der Waals surface area contributed by atoms with Crippen LogP contribution in [0.1, 0.15) is 38.5 Å². The van der Waals surface area contributed by atoms with Crippen molar-refractivity contribution in [2.45, 2.75) is 50.7 Å². The normalized spacial score (nSPS) is 25.5. The van der Waals surface area contributed by atoms with Gasteiger partial charge in [-0.1, -0.05) is 31.0 Å². The molecule has 3 aliphatic rings. The van der Waals surface area contributed by atoms with Crippen molar-refractivity contribution in [1.82, 2.24) is 20.6 Å². The zero-order valence-corrected chi connectivity index (χ0v) is 20.2. The maximum Gasteiger partial charge on any atom is 0.410 e. The molecule has 3 aliphatic heterocycles. The Morgan fingerprint density at radius 1 is 0.943 bits per heavy atom. The van der Waals surface area contributed by atoms with Gasteiger partial charge in [0.15, 0.2) is 0 Å². The van der Waals surface area contributed by atoms with E-state index >= 15 is 0 Å². The molecule has 192 valence electrons. The van der Waals surface area contributed by atoms with Gasteiger partial charge >= 0.3 is 6.09 Å². The van der Waals surface area contributed by atoms with Crippen LogP contribution in [-0.4, -0.2) is 90.9 Å². The van der Waals surface area contributed by atoms with Crippen LogP contribution in [0.25, 0.3) is 0 Å². The molecule has 3 atom stereocenters. The lowest BCUT2D eigenvalue weighted by atomic mass is 9.85. The summed E-state index contributed by atoms with van der Waals surface area (Å²) in [5.41, 5.74) is 2.82. The third-order valence-corrected chi connectivity index (χ3v) is 7.29. The zero-order chi connectivity index (χ0) is 24.6. The van der Waals surface area contributed by atoms with Gasteiger partial charge < -0.3 is 24.8 Å². The molecule has 0 saturated carbocycles. The van der Waals surface area contributed by atoms with Crippen molar-refractivity contribution in [2.75, 3.05) is 50.7 Å². The van der Waals surface area contributed by atoms with Gasteiger partial charge in [0.05, 0.1) is 6.04 Å². The number of carbonyl (C=O) groups is 3. The van der Waals surface area contributed by atoms with E-state index in [2.05, 4.69) is 22.3 Å². The fourth-order valence-electron chi connectivity index (χ4n) is 5.34. The number of rotatable bonds is 5. The van der Waals surface area contributed by atoms with Gasteiger partial charge in [0, 0.05) is 57.9 Å². The minimum Gasteiger partial charge on any atom is -0.445 e. The minimum atomic E-state index is -0.566. The van der Waals surface area contributed by atoms with E-state index in [1.54, 1.807) is 10.4 Å². The number of ether oxygens (including phenoxy) is 1. The molecule has 3 N–H and O–H groups in total. The van der Waals surface area contributed by atoms with Crippen molar-refractivity contribution in [3.05, 3.63) is 30.3 Å². The van der Waals surface area contributed by atoms with E-state index in [-0.39, 0.29) is 18.4 Å². The Labute approximate surface area is 206 Å². The summed E-state index contributed by atoms with van der Waals surface area (Å²) < 4.78 is 5.77. The molecule has 10 heteroatoms. The third kappa shape index (κ3) is 6.64. The van der Waals surface area contributed by atoms with Gasteiger partial charge in [-0.2, -0.15) is 0 Å². The number of carbonyl (C=O) groups excluding carboxylic acids is 3. The Balaban J connectivity index is 1.34. The van der Waals surface area contributed by atoms with Gasteiger partial charge in [-0.05, 0) is 37.3 Å². The summed E-state index contributed by atoms with van der Waals surface area (Å²) in [6.45, 7) is 4.42. The lowest BCUT2D eigenvalue weighted by Crippen LogP contribution is -2.60. The minimum absolute atomic E-state index is 0.0261. The predicted octanol–water partition coefficient (Wildman–Crippen LogP) is 1.59. The summed E-state index contributed by atoms with van der Waals surface area (Å²) in [5, 5.41) is 12.3. The van der Waals surface area contributed by atoms with E-state index in [9.17, 15) is 14.4 Å². The Morgan fingerprint density at radius 3 is 2.29 bits per heavy atom. The maximum absolute atomic E-state index is 13.4. The standard InChI is InChI=1S/C25H37N5O5/c31-22(27-34)17-19-16-21(35-25(33)30-10-6-1-2-7-11-30)18-26-23(19)24(32)29-14-12-28(13-15-29)20-8-4-3-5-9-20/h3-5,8-9,19,21,23,26,34H,1-2,6-7,10-18H2,(H,27,31)/t19-,21-,23-/m0/s1. The van der Waals surface area contributed by atoms with Crippen LogP contribution in [0, 0.1) is 5.92 Å². The molecule has 0 bridgehead atoms. The molecule has 3 saturated heterocycles. The van der Waals surface area contributed by atoms with Crippen molar-refractivity contribution < 1.29 is 24.3 Å². The van der Waals surface area contributed by atoms with Crippen LogP contribution >= 0.6 is 0 Å². The summed E-state index contributed by atoms with van der Waals surface area (Å²) in [4.78, 5) is 44.0. The molecule has 3 heterocycles. The fraction of sp³-hybridized carbons (Fsp3) is 0.640. The number of piperazine rings is 1. The summed E-state index contributed by atoms with van der Waals surface area (Å²) in [5.74, 6) is -0.994. The number of likely N-dealkylation sites (tertiary alicyclic amines) is 1. The Morgan fingerprint density at radius 2 is 1.63 bits per heavy atom. The average molecular weight is 488 g/mol. The van der Waals surface area contributed by atoms with Gasteiger partial charge in [0.25, 0.3) is 0 Å². The molecule has 0 spiro atoms. The van der Waals surface area contributed by atoms with Crippen molar-refractivity contribution in [2.24, 2.45) is 5.92 Å². The highest BCUT2D eigenvalue weighted by molar-refractivity contribution is 5.84. The summed E-state index contributed by atoms with van der Waals surface area (Å²) in [6, 6.07) is 9.56. The number of para-hydroxylation sites is 1. The molecule has 0 unspecified atom stereocenters. The number of hydroxylamine groups is 1. The van der Waals surface area contributed by atoms with Crippen molar-refractivity contribution >= 4 is 23.6 Å². The summed E-state index contributed by atoms with van der Waals surface area (Å²) >= 11 is 0. The Hall–Kier alpha value is -2.85. The quantitative estimate of drug-likeness (QED) is 0.427. The smallest absolute Gasteiger partial charge is 0.410 e.